The molecule has 9 nitrogen and oxygen atoms in total. The number of fused-ring (bicyclic) bond motifs is 1. The highest BCUT2D eigenvalue weighted by Crippen LogP contribution is 2.49. The topological polar surface area (TPSA) is 100 Å². The van der Waals surface area contributed by atoms with Gasteiger partial charge in [0.25, 0.3) is 5.09 Å². The molecule has 4 aromatic rings. The number of halogens is 1. The molecular weight excluding hydrogens is 575 g/mol. The van der Waals surface area contributed by atoms with E-state index in [-0.39, 0.29) is 12.4 Å². The van der Waals surface area contributed by atoms with Gasteiger partial charge in [-0.2, -0.15) is 0 Å². The molecule has 1 aliphatic carbocycles. The Kier molecular flexibility index (Phi) is 8.44. The SMILES string of the molecule is O=C(Oc1ccc2c(Oc3ccc(OCCN4CCCCC4)cc3)c(-c3ccc(F)cc3)sc2c1)C1(CO[N+](=O)[O-])CC1. The van der Waals surface area contributed by atoms with Crippen molar-refractivity contribution in [3.8, 4) is 33.4 Å². The molecule has 2 aliphatic rings. The highest BCUT2D eigenvalue weighted by Gasteiger charge is 2.52. The maximum Gasteiger partial charge on any atom is 0.319 e. The van der Waals surface area contributed by atoms with Gasteiger partial charge in [0.15, 0.2) is 5.75 Å². The molecule has 6 rings (SSSR count). The maximum atomic E-state index is 13.7. The van der Waals surface area contributed by atoms with Crippen LogP contribution in [0.5, 0.6) is 23.0 Å². The van der Waals surface area contributed by atoms with Crippen LogP contribution in [0, 0.1) is 21.3 Å². The molecule has 0 amide bonds. The fraction of sp³-hybridized carbons (Fsp3) is 0.344. The Morgan fingerprint density at radius 2 is 1.65 bits per heavy atom. The maximum absolute atomic E-state index is 13.7. The van der Waals surface area contributed by atoms with Crippen LogP contribution in [-0.4, -0.2) is 48.8 Å². The van der Waals surface area contributed by atoms with Gasteiger partial charge in [0.1, 0.15) is 36.3 Å². The minimum Gasteiger partial charge on any atom is -0.492 e. The summed E-state index contributed by atoms with van der Waals surface area (Å²) in [5.74, 6) is 1.40. The number of piperidine rings is 1. The number of benzene rings is 3. The molecule has 43 heavy (non-hydrogen) atoms. The molecule has 0 bridgehead atoms. The number of hydrogen-bond acceptors (Lipinski definition) is 9. The van der Waals surface area contributed by atoms with Crippen LogP contribution in [0.3, 0.4) is 0 Å². The summed E-state index contributed by atoms with van der Waals surface area (Å²) >= 11 is 1.43. The third-order valence-electron chi connectivity index (χ3n) is 7.83. The van der Waals surface area contributed by atoms with Crippen LogP contribution in [0.1, 0.15) is 32.1 Å². The minimum absolute atomic E-state index is 0.314. The van der Waals surface area contributed by atoms with Crippen molar-refractivity contribution >= 4 is 27.4 Å². The zero-order chi connectivity index (χ0) is 29.8. The zero-order valence-electron chi connectivity index (χ0n) is 23.5. The summed E-state index contributed by atoms with van der Waals surface area (Å²) in [6.45, 7) is 3.47. The number of hydrogen-bond donors (Lipinski definition) is 0. The second kappa shape index (κ2) is 12.6. The number of likely N-dealkylation sites (tertiary alicyclic amines) is 1. The third-order valence-corrected chi connectivity index (χ3v) is 9.02. The fourth-order valence-corrected chi connectivity index (χ4v) is 6.32. The predicted octanol–water partition coefficient (Wildman–Crippen LogP) is 7.26. The molecule has 0 N–H and O–H groups in total. The quantitative estimate of drug-likeness (QED) is 0.0719. The normalized spacial score (nSPS) is 16.0. The van der Waals surface area contributed by atoms with Crippen molar-refractivity contribution in [2.45, 2.75) is 32.1 Å². The minimum atomic E-state index is -0.992. The van der Waals surface area contributed by atoms with Gasteiger partial charge in [0, 0.05) is 16.6 Å². The van der Waals surface area contributed by atoms with E-state index in [1.54, 1.807) is 24.3 Å². The van der Waals surface area contributed by atoms with E-state index in [0.717, 1.165) is 45.9 Å². The lowest BCUT2D eigenvalue weighted by molar-refractivity contribution is -0.759. The number of esters is 1. The van der Waals surface area contributed by atoms with Crippen molar-refractivity contribution in [1.82, 2.24) is 4.90 Å². The van der Waals surface area contributed by atoms with Gasteiger partial charge in [-0.1, -0.05) is 18.6 Å². The second-order valence-electron chi connectivity index (χ2n) is 10.9. The monoisotopic (exact) mass is 606 g/mol. The van der Waals surface area contributed by atoms with Gasteiger partial charge in [-0.15, -0.1) is 21.5 Å². The molecule has 0 spiro atoms. The lowest BCUT2D eigenvalue weighted by Crippen LogP contribution is -2.33. The zero-order valence-corrected chi connectivity index (χ0v) is 24.3. The predicted molar refractivity (Wildman–Crippen MR) is 160 cm³/mol. The third kappa shape index (κ3) is 6.89. The summed E-state index contributed by atoms with van der Waals surface area (Å²) in [4.78, 5) is 31.1. The molecule has 3 aromatic carbocycles. The van der Waals surface area contributed by atoms with E-state index in [4.69, 9.17) is 14.2 Å². The first-order valence-corrected chi connectivity index (χ1v) is 15.2. The van der Waals surface area contributed by atoms with Crippen LogP contribution in [0.4, 0.5) is 4.39 Å². The largest absolute Gasteiger partial charge is 0.492 e. The Morgan fingerprint density at radius 1 is 0.953 bits per heavy atom. The van der Waals surface area contributed by atoms with Gasteiger partial charge in [0.2, 0.25) is 0 Å². The summed E-state index contributed by atoms with van der Waals surface area (Å²) in [6, 6.07) is 18.9. The van der Waals surface area contributed by atoms with Crippen molar-refractivity contribution in [2.24, 2.45) is 5.41 Å². The van der Waals surface area contributed by atoms with Crippen molar-refractivity contribution in [1.29, 1.82) is 0 Å². The van der Waals surface area contributed by atoms with Gasteiger partial charge in [-0.05, 0) is 98.9 Å². The average Bonchev–Trinajstić information content (AvgIpc) is 3.74. The highest BCUT2D eigenvalue weighted by atomic mass is 32.1. The molecule has 1 saturated heterocycles. The number of nitrogens with zero attached hydrogens (tertiary/aromatic N) is 2. The first-order chi connectivity index (χ1) is 20.9. The molecule has 2 fully saturated rings. The van der Waals surface area contributed by atoms with Crippen molar-refractivity contribution < 1.29 is 33.3 Å². The molecule has 1 aliphatic heterocycles. The number of carbonyl (C=O) groups excluding carboxylic acids is 1. The molecule has 2 heterocycles. The molecule has 0 unspecified atom stereocenters. The van der Waals surface area contributed by atoms with Crippen molar-refractivity contribution in [2.75, 3.05) is 32.8 Å². The summed E-state index contributed by atoms with van der Waals surface area (Å²) in [6.07, 6.45) is 4.74. The molecule has 224 valence electrons. The lowest BCUT2D eigenvalue weighted by atomic mass is 10.1. The smallest absolute Gasteiger partial charge is 0.319 e. The summed E-state index contributed by atoms with van der Waals surface area (Å²) in [7, 11) is 0. The first kappa shape index (κ1) is 28.9. The average molecular weight is 607 g/mol. The first-order valence-electron chi connectivity index (χ1n) is 14.3. The van der Waals surface area contributed by atoms with E-state index >= 15 is 0 Å². The molecule has 11 heteroatoms. The Hall–Kier alpha value is -4.22. The summed E-state index contributed by atoms with van der Waals surface area (Å²) in [5.41, 5.74) is -0.211. The van der Waals surface area contributed by atoms with E-state index in [0.29, 0.717) is 36.7 Å². The number of carbonyl (C=O) groups is 1. The Labute approximate surface area is 251 Å². The Bertz CT molecular complexity index is 1600. The van der Waals surface area contributed by atoms with Crippen molar-refractivity contribution in [3.05, 3.63) is 82.7 Å². The van der Waals surface area contributed by atoms with Gasteiger partial charge in [0.05, 0.1) is 10.3 Å². The van der Waals surface area contributed by atoms with Gasteiger partial charge >= 0.3 is 5.97 Å². The van der Waals surface area contributed by atoms with Gasteiger partial charge in [-0.25, -0.2) is 4.39 Å². The van der Waals surface area contributed by atoms with E-state index in [2.05, 4.69) is 9.74 Å². The van der Waals surface area contributed by atoms with Crippen LogP contribution < -0.4 is 14.2 Å². The van der Waals surface area contributed by atoms with Gasteiger partial charge in [-0.3, -0.25) is 9.69 Å². The molecular formula is C32H31FN2O7S. The fourth-order valence-electron chi connectivity index (χ4n) is 5.16. The van der Waals surface area contributed by atoms with Crippen LogP contribution in [0.25, 0.3) is 20.5 Å². The number of thiophene rings is 1. The van der Waals surface area contributed by atoms with Crippen molar-refractivity contribution in [3.63, 3.8) is 0 Å². The van der Waals surface area contributed by atoms with E-state index < -0.39 is 16.5 Å². The van der Waals surface area contributed by atoms with Crippen LogP contribution in [0.2, 0.25) is 0 Å². The molecule has 1 saturated carbocycles. The standard InChI is InChI=1S/C32H31FN2O7S/c33-23-6-4-22(5-7-23)30-29(41-25-10-8-24(9-11-25)39-19-18-34-16-2-1-3-17-34)27-13-12-26(20-28(27)43-30)42-31(36)32(14-15-32)21-40-35(37)38/h4-13,20H,1-3,14-19,21H2. The molecule has 1 aromatic heterocycles. The van der Waals surface area contributed by atoms with Crippen LogP contribution in [0.15, 0.2) is 66.7 Å². The summed E-state index contributed by atoms with van der Waals surface area (Å²) in [5, 5.41) is 10.5. The second-order valence-corrected chi connectivity index (χ2v) is 12.0. The number of ether oxygens (including phenoxy) is 3. The Morgan fingerprint density at radius 3 is 2.35 bits per heavy atom. The number of rotatable bonds is 12. The Balaban J connectivity index is 1.20. The van der Waals surface area contributed by atoms with E-state index in [1.807, 2.05) is 30.3 Å². The van der Waals surface area contributed by atoms with Gasteiger partial charge < -0.3 is 19.0 Å². The van der Waals surface area contributed by atoms with E-state index in [9.17, 15) is 19.3 Å². The van der Waals surface area contributed by atoms with Crippen LogP contribution >= 0.6 is 11.3 Å². The van der Waals surface area contributed by atoms with Crippen LogP contribution in [-0.2, 0) is 9.63 Å². The molecule has 0 atom stereocenters. The summed E-state index contributed by atoms with van der Waals surface area (Å²) < 4.78 is 32.5. The van der Waals surface area contributed by atoms with E-state index in [1.165, 1.54) is 42.7 Å². The molecule has 0 radical (unpaired) electrons. The highest BCUT2D eigenvalue weighted by molar-refractivity contribution is 7.22. The lowest BCUT2D eigenvalue weighted by Gasteiger charge is -2.26.